The van der Waals surface area contributed by atoms with E-state index < -0.39 is 10.0 Å². The molecule has 1 N–H and O–H groups in total. The Bertz CT molecular complexity index is 927. The molecule has 1 aliphatic heterocycles. The van der Waals surface area contributed by atoms with Crippen molar-refractivity contribution in [3.63, 3.8) is 0 Å². The SMILES string of the molecule is CCC1CCC(OC[C@H]2[C@@H](NS(C)(=O)=O)CCc3c(C4CC4)cc(C)c(=O)n32)CC1. The van der Waals surface area contributed by atoms with Gasteiger partial charge in [0, 0.05) is 17.3 Å². The van der Waals surface area contributed by atoms with Gasteiger partial charge < -0.3 is 9.30 Å². The lowest BCUT2D eigenvalue weighted by Gasteiger charge is -2.38. The molecular weight excluding hydrogens is 400 g/mol. The number of ether oxygens (including phenoxy) is 1. The van der Waals surface area contributed by atoms with Crippen LogP contribution < -0.4 is 10.3 Å². The van der Waals surface area contributed by atoms with Crippen LogP contribution in [-0.4, -0.2) is 38.0 Å². The standard InChI is InChI=1S/C23H36N2O4S/c1-4-16-5-9-18(10-6-16)29-14-22-20(24-30(3,27)28)11-12-21-19(17-7-8-17)13-15(2)23(26)25(21)22/h13,16-18,20,22,24H,4-12,14H2,1-3H3/t16?,18?,20-,22-/m0/s1. The number of hydrogen-bond donors (Lipinski definition) is 1. The van der Waals surface area contributed by atoms with Crippen molar-refractivity contribution < 1.29 is 13.2 Å². The van der Waals surface area contributed by atoms with Gasteiger partial charge in [-0.3, -0.25) is 4.79 Å². The van der Waals surface area contributed by atoms with Gasteiger partial charge in [-0.1, -0.05) is 13.3 Å². The van der Waals surface area contributed by atoms with E-state index in [0.717, 1.165) is 36.4 Å². The van der Waals surface area contributed by atoms with Gasteiger partial charge in [-0.05, 0) is 81.8 Å². The topological polar surface area (TPSA) is 77.4 Å². The summed E-state index contributed by atoms with van der Waals surface area (Å²) in [6, 6.07) is 1.46. The highest BCUT2D eigenvalue weighted by atomic mass is 32.2. The molecule has 0 saturated heterocycles. The molecule has 168 valence electrons. The molecule has 2 fully saturated rings. The van der Waals surface area contributed by atoms with Gasteiger partial charge in [-0.15, -0.1) is 0 Å². The van der Waals surface area contributed by atoms with Crippen molar-refractivity contribution in [3.05, 3.63) is 33.2 Å². The Kier molecular flexibility index (Phi) is 6.43. The van der Waals surface area contributed by atoms with Crippen LogP contribution in [-0.2, 0) is 21.2 Å². The first-order valence-electron chi connectivity index (χ1n) is 11.6. The van der Waals surface area contributed by atoms with Crippen LogP contribution in [0.1, 0.15) is 87.1 Å². The minimum Gasteiger partial charge on any atom is -0.376 e. The number of fused-ring (bicyclic) bond motifs is 1. The second-order valence-corrected chi connectivity index (χ2v) is 11.4. The molecule has 0 radical (unpaired) electrons. The van der Waals surface area contributed by atoms with Crippen molar-refractivity contribution in [2.45, 2.75) is 95.7 Å². The van der Waals surface area contributed by atoms with E-state index in [-0.39, 0.29) is 23.7 Å². The van der Waals surface area contributed by atoms with E-state index in [0.29, 0.717) is 18.9 Å². The average Bonchev–Trinajstić information content (AvgIpc) is 3.54. The summed E-state index contributed by atoms with van der Waals surface area (Å²) in [5.74, 6) is 1.35. The van der Waals surface area contributed by atoms with Gasteiger partial charge in [0.15, 0.2) is 0 Å². The van der Waals surface area contributed by atoms with Crippen molar-refractivity contribution in [1.29, 1.82) is 0 Å². The van der Waals surface area contributed by atoms with Crippen molar-refractivity contribution in [2.75, 3.05) is 12.9 Å². The van der Waals surface area contributed by atoms with Gasteiger partial charge in [-0.2, -0.15) is 0 Å². The van der Waals surface area contributed by atoms with Gasteiger partial charge in [0.2, 0.25) is 10.0 Å². The van der Waals surface area contributed by atoms with E-state index in [1.807, 2.05) is 11.5 Å². The monoisotopic (exact) mass is 436 g/mol. The fraction of sp³-hybridized carbons (Fsp3) is 0.783. The van der Waals surface area contributed by atoms with E-state index in [9.17, 15) is 13.2 Å². The fourth-order valence-electron chi connectivity index (χ4n) is 5.40. The maximum absolute atomic E-state index is 13.2. The van der Waals surface area contributed by atoms with Gasteiger partial charge in [0.25, 0.3) is 5.56 Å². The first-order chi connectivity index (χ1) is 14.3. The van der Waals surface area contributed by atoms with Gasteiger partial charge >= 0.3 is 0 Å². The number of nitrogens with one attached hydrogen (secondary N) is 1. The van der Waals surface area contributed by atoms with Crippen LogP contribution >= 0.6 is 0 Å². The molecule has 4 rings (SSSR count). The summed E-state index contributed by atoms with van der Waals surface area (Å²) in [7, 11) is -3.37. The first-order valence-corrected chi connectivity index (χ1v) is 13.5. The predicted octanol–water partition coefficient (Wildman–Crippen LogP) is 3.42. The second-order valence-electron chi connectivity index (χ2n) is 9.67. The van der Waals surface area contributed by atoms with E-state index >= 15 is 0 Å². The lowest BCUT2D eigenvalue weighted by molar-refractivity contribution is -0.00700. The molecule has 2 aliphatic carbocycles. The maximum Gasteiger partial charge on any atom is 0.254 e. The van der Waals surface area contributed by atoms with Crippen LogP contribution in [0.2, 0.25) is 0 Å². The van der Waals surface area contributed by atoms with Crippen molar-refractivity contribution >= 4 is 10.0 Å². The summed E-state index contributed by atoms with van der Waals surface area (Å²) >= 11 is 0. The first kappa shape index (κ1) is 22.0. The fourth-order valence-corrected chi connectivity index (χ4v) is 6.23. The van der Waals surface area contributed by atoms with E-state index in [1.54, 1.807) is 0 Å². The molecule has 2 atom stereocenters. The summed E-state index contributed by atoms with van der Waals surface area (Å²) in [5, 5.41) is 0. The lowest BCUT2D eigenvalue weighted by Crippen LogP contribution is -2.50. The maximum atomic E-state index is 13.2. The van der Waals surface area contributed by atoms with Crippen molar-refractivity contribution in [2.24, 2.45) is 5.92 Å². The van der Waals surface area contributed by atoms with E-state index in [2.05, 4.69) is 17.7 Å². The zero-order valence-electron chi connectivity index (χ0n) is 18.5. The molecule has 2 heterocycles. The van der Waals surface area contributed by atoms with Gasteiger partial charge in [0.1, 0.15) is 0 Å². The van der Waals surface area contributed by atoms with Crippen LogP contribution in [0, 0.1) is 12.8 Å². The summed E-state index contributed by atoms with van der Waals surface area (Å²) < 4.78 is 35.1. The average molecular weight is 437 g/mol. The Balaban J connectivity index is 1.61. The lowest BCUT2D eigenvalue weighted by atomic mass is 9.86. The van der Waals surface area contributed by atoms with Gasteiger partial charge in [-0.25, -0.2) is 13.1 Å². The zero-order chi connectivity index (χ0) is 21.5. The third kappa shape index (κ3) is 4.83. The number of aromatic nitrogens is 1. The van der Waals surface area contributed by atoms with Crippen LogP contribution in [0.3, 0.4) is 0 Å². The Morgan fingerprint density at radius 2 is 1.83 bits per heavy atom. The summed E-state index contributed by atoms with van der Waals surface area (Å²) in [6.45, 7) is 4.51. The van der Waals surface area contributed by atoms with E-state index in [1.165, 1.54) is 43.9 Å². The Hall–Kier alpha value is -1.18. The molecule has 0 bridgehead atoms. The normalized spacial score (nSPS) is 29.6. The Labute approximate surface area is 180 Å². The highest BCUT2D eigenvalue weighted by Crippen LogP contribution is 2.43. The van der Waals surface area contributed by atoms with Crippen LogP contribution in [0.5, 0.6) is 0 Å². The highest BCUT2D eigenvalue weighted by Gasteiger charge is 2.37. The number of nitrogens with zero attached hydrogens (tertiary/aromatic N) is 1. The Morgan fingerprint density at radius 3 is 2.43 bits per heavy atom. The quantitative estimate of drug-likeness (QED) is 0.710. The number of rotatable bonds is 7. The smallest absolute Gasteiger partial charge is 0.254 e. The third-order valence-corrected chi connectivity index (χ3v) is 8.03. The number of aryl methyl sites for hydroxylation is 1. The molecule has 0 aromatic carbocycles. The molecule has 0 spiro atoms. The molecule has 2 saturated carbocycles. The number of sulfonamides is 1. The van der Waals surface area contributed by atoms with Gasteiger partial charge in [0.05, 0.1) is 25.0 Å². The van der Waals surface area contributed by atoms with Crippen LogP contribution in [0.15, 0.2) is 10.9 Å². The number of pyridine rings is 1. The molecule has 30 heavy (non-hydrogen) atoms. The second kappa shape index (κ2) is 8.75. The van der Waals surface area contributed by atoms with Crippen molar-refractivity contribution in [3.8, 4) is 0 Å². The molecular formula is C23H36N2O4S. The van der Waals surface area contributed by atoms with Crippen LogP contribution in [0.4, 0.5) is 0 Å². The molecule has 0 unspecified atom stereocenters. The summed E-state index contributed by atoms with van der Waals surface area (Å²) in [4.78, 5) is 13.2. The molecule has 3 aliphatic rings. The molecule has 1 aromatic heterocycles. The minimum absolute atomic E-state index is 0.00214. The molecule has 7 heteroatoms. The zero-order valence-corrected chi connectivity index (χ0v) is 19.3. The van der Waals surface area contributed by atoms with Crippen molar-refractivity contribution in [1.82, 2.24) is 9.29 Å². The highest BCUT2D eigenvalue weighted by molar-refractivity contribution is 7.88. The molecule has 0 amide bonds. The molecule has 1 aromatic rings. The number of hydrogen-bond acceptors (Lipinski definition) is 4. The summed E-state index contributed by atoms with van der Waals surface area (Å²) in [6.07, 6.45) is 10.9. The molecule has 6 nitrogen and oxygen atoms in total. The van der Waals surface area contributed by atoms with E-state index in [4.69, 9.17) is 4.74 Å². The van der Waals surface area contributed by atoms with Crippen LogP contribution in [0.25, 0.3) is 0 Å². The third-order valence-electron chi connectivity index (χ3n) is 7.30. The minimum atomic E-state index is -3.37. The summed E-state index contributed by atoms with van der Waals surface area (Å²) in [5.41, 5.74) is 3.13. The largest absolute Gasteiger partial charge is 0.376 e. The predicted molar refractivity (Wildman–Crippen MR) is 119 cm³/mol. The Morgan fingerprint density at radius 1 is 1.13 bits per heavy atom.